The second-order valence-electron chi connectivity index (χ2n) is 6.56. The zero-order valence-electron chi connectivity index (χ0n) is 14.4. The number of benzene rings is 1. The quantitative estimate of drug-likeness (QED) is 0.401. The molecule has 1 aliphatic carbocycles. The van der Waals surface area contributed by atoms with Gasteiger partial charge in [-0.25, -0.2) is 9.59 Å². The van der Waals surface area contributed by atoms with Gasteiger partial charge >= 0.3 is 12.0 Å². The molecule has 4 N–H and O–H groups in total. The maximum atomic E-state index is 12.6. The van der Waals surface area contributed by atoms with E-state index < -0.39 is 36.0 Å². The number of anilines is 1. The number of esters is 1. The van der Waals surface area contributed by atoms with Crippen LogP contribution < -0.4 is 16.5 Å². The highest BCUT2D eigenvalue weighted by molar-refractivity contribution is 6.33. The SMILES string of the molecule is Nc1cc(C(=O)OCC(=O)NN2C(=O)NC3(CCCCC3)C2=O)ccc1Cl. The molecule has 1 aromatic carbocycles. The van der Waals surface area contributed by atoms with Crippen LogP contribution in [0, 0.1) is 0 Å². The minimum Gasteiger partial charge on any atom is -0.452 e. The van der Waals surface area contributed by atoms with Crippen molar-refractivity contribution in [2.24, 2.45) is 0 Å². The fraction of sp³-hybridized carbons (Fsp3) is 0.412. The standard InChI is InChI=1S/C17H19ClN4O5/c18-11-5-4-10(8-12(11)19)14(24)27-9-13(23)21-22-15(25)17(20-16(22)26)6-2-1-3-7-17/h4-5,8H,1-3,6-7,9,19H2,(H,20,26)(H,21,23). The number of carbonyl (C=O) groups excluding carboxylic acids is 4. The molecular weight excluding hydrogens is 376 g/mol. The molecular formula is C17H19ClN4O5. The molecule has 1 spiro atoms. The molecule has 0 bridgehead atoms. The average molecular weight is 395 g/mol. The van der Waals surface area contributed by atoms with Crippen molar-refractivity contribution in [2.75, 3.05) is 12.3 Å². The van der Waals surface area contributed by atoms with Crippen LogP contribution >= 0.6 is 11.6 Å². The lowest BCUT2D eigenvalue weighted by Crippen LogP contribution is -2.51. The zero-order chi connectivity index (χ0) is 19.6. The van der Waals surface area contributed by atoms with Gasteiger partial charge in [-0.15, -0.1) is 0 Å². The summed E-state index contributed by atoms with van der Waals surface area (Å²) < 4.78 is 4.88. The van der Waals surface area contributed by atoms with E-state index in [9.17, 15) is 19.2 Å². The molecule has 3 rings (SSSR count). The molecule has 0 unspecified atom stereocenters. The summed E-state index contributed by atoms with van der Waals surface area (Å²) in [5.41, 5.74) is 7.18. The van der Waals surface area contributed by atoms with Gasteiger partial charge in [0.25, 0.3) is 11.8 Å². The topological polar surface area (TPSA) is 131 Å². The van der Waals surface area contributed by atoms with Crippen LogP contribution in [0.2, 0.25) is 5.02 Å². The van der Waals surface area contributed by atoms with E-state index in [4.69, 9.17) is 22.1 Å². The van der Waals surface area contributed by atoms with Crippen molar-refractivity contribution in [3.63, 3.8) is 0 Å². The Balaban J connectivity index is 1.56. The van der Waals surface area contributed by atoms with E-state index in [0.29, 0.717) is 22.9 Å². The predicted molar refractivity (Wildman–Crippen MR) is 95.5 cm³/mol. The first kappa shape index (κ1) is 19.0. The summed E-state index contributed by atoms with van der Waals surface area (Å²) in [6, 6.07) is 3.48. The molecule has 9 nitrogen and oxygen atoms in total. The highest BCUT2D eigenvalue weighted by Gasteiger charge is 2.52. The van der Waals surface area contributed by atoms with E-state index in [-0.39, 0.29) is 11.3 Å². The van der Waals surface area contributed by atoms with E-state index in [1.54, 1.807) is 0 Å². The van der Waals surface area contributed by atoms with E-state index in [0.717, 1.165) is 19.3 Å². The lowest BCUT2D eigenvalue weighted by Gasteiger charge is -2.30. The summed E-state index contributed by atoms with van der Waals surface area (Å²) in [5.74, 6) is -2.08. The van der Waals surface area contributed by atoms with Crippen LogP contribution in [0.1, 0.15) is 42.5 Å². The van der Waals surface area contributed by atoms with Crippen molar-refractivity contribution in [2.45, 2.75) is 37.6 Å². The number of nitrogens with two attached hydrogens (primary N) is 1. The minimum atomic E-state index is -0.944. The summed E-state index contributed by atoms with van der Waals surface area (Å²) in [6.07, 6.45) is 3.74. The van der Waals surface area contributed by atoms with Crippen molar-refractivity contribution in [1.29, 1.82) is 0 Å². The Kier molecular flexibility index (Phi) is 5.22. The number of nitrogens with zero attached hydrogens (tertiary/aromatic N) is 1. The zero-order valence-corrected chi connectivity index (χ0v) is 15.2. The number of hydrogen-bond acceptors (Lipinski definition) is 6. The van der Waals surface area contributed by atoms with Crippen LogP contribution in [-0.2, 0) is 14.3 Å². The number of ether oxygens (including phenoxy) is 1. The largest absolute Gasteiger partial charge is 0.452 e. The second kappa shape index (κ2) is 7.43. The molecule has 2 aliphatic rings. The van der Waals surface area contributed by atoms with Gasteiger partial charge in [0.15, 0.2) is 6.61 Å². The number of hydrogen-bond donors (Lipinski definition) is 3. The Morgan fingerprint density at radius 3 is 2.63 bits per heavy atom. The van der Waals surface area contributed by atoms with Crippen LogP contribution in [0.25, 0.3) is 0 Å². The molecule has 27 heavy (non-hydrogen) atoms. The molecule has 10 heteroatoms. The van der Waals surface area contributed by atoms with Crippen molar-refractivity contribution >= 4 is 41.1 Å². The van der Waals surface area contributed by atoms with E-state index in [1.807, 2.05) is 0 Å². The van der Waals surface area contributed by atoms with Gasteiger partial charge < -0.3 is 15.8 Å². The van der Waals surface area contributed by atoms with E-state index in [2.05, 4.69) is 10.7 Å². The third kappa shape index (κ3) is 3.82. The normalized spacial score (nSPS) is 18.3. The smallest absolute Gasteiger partial charge is 0.344 e. The number of carbonyl (C=O) groups is 4. The molecule has 2 fully saturated rings. The Bertz CT molecular complexity index is 807. The molecule has 1 aliphatic heterocycles. The fourth-order valence-corrected chi connectivity index (χ4v) is 3.38. The fourth-order valence-electron chi connectivity index (χ4n) is 3.26. The Hall–Kier alpha value is -2.81. The molecule has 1 saturated heterocycles. The number of halogens is 1. The molecule has 0 radical (unpaired) electrons. The minimum absolute atomic E-state index is 0.126. The van der Waals surface area contributed by atoms with Crippen molar-refractivity contribution in [1.82, 2.24) is 15.8 Å². The van der Waals surface area contributed by atoms with Crippen LogP contribution in [0.15, 0.2) is 18.2 Å². The van der Waals surface area contributed by atoms with E-state index >= 15 is 0 Å². The lowest BCUT2D eigenvalue weighted by molar-refractivity contribution is -0.140. The van der Waals surface area contributed by atoms with Gasteiger partial charge in [-0.3, -0.25) is 15.0 Å². The van der Waals surface area contributed by atoms with Gasteiger partial charge in [-0.2, -0.15) is 5.01 Å². The highest BCUT2D eigenvalue weighted by atomic mass is 35.5. The average Bonchev–Trinajstić information content (AvgIpc) is 2.86. The number of nitrogens with one attached hydrogen (secondary N) is 2. The first-order valence-corrected chi connectivity index (χ1v) is 8.88. The number of amides is 4. The lowest BCUT2D eigenvalue weighted by atomic mass is 9.82. The second-order valence-corrected chi connectivity index (χ2v) is 6.97. The number of hydrazine groups is 1. The summed E-state index contributed by atoms with van der Waals surface area (Å²) in [7, 11) is 0. The van der Waals surface area contributed by atoms with E-state index in [1.165, 1.54) is 18.2 Å². The highest BCUT2D eigenvalue weighted by Crippen LogP contribution is 2.32. The first-order valence-electron chi connectivity index (χ1n) is 8.51. The maximum Gasteiger partial charge on any atom is 0.344 e. The number of nitrogen functional groups attached to an aromatic ring is 1. The van der Waals surface area contributed by atoms with Crippen LogP contribution in [-0.4, -0.2) is 41.0 Å². The van der Waals surface area contributed by atoms with Crippen LogP contribution in [0.3, 0.4) is 0 Å². The Morgan fingerprint density at radius 1 is 1.26 bits per heavy atom. The number of imide groups is 1. The van der Waals surface area contributed by atoms with Gasteiger partial charge in [-0.05, 0) is 31.0 Å². The third-order valence-electron chi connectivity index (χ3n) is 4.67. The molecule has 1 aromatic rings. The van der Waals surface area contributed by atoms with Gasteiger partial charge in [0.2, 0.25) is 0 Å². The number of urea groups is 1. The van der Waals surface area contributed by atoms with Gasteiger partial charge in [-0.1, -0.05) is 30.9 Å². The maximum absolute atomic E-state index is 12.6. The van der Waals surface area contributed by atoms with Gasteiger partial charge in [0.1, 0.15) is 5.54 Å². The molecule has 0 atom stereocenters. The molecule has 0 aromatic heterocycles. The third-order valence-corrected chi connectivity index (χ3v) is 5.02. The summed E-state index contributed by atoms with van der Waals surface area (Å²) >= 11 is 5.78. The van der Waals surface area contributed by atoms with Crippen molar-refractivity contribution < 1.29 is 23.9 Å². The first-order chi connectivity index (χ1) is 12.8. The van der Waals surface area contributed by atoms with Crippen LogP contribution in [0.5, 0.6) is 0 Å². The van der Waals surface area contributed by atoms with Crippen molar-refractivity contribution in [3.8, 4) is 0 Å². The van der Waals surface area contributed by atoms with Gasteiger partial charge in [0, 0.05) is 0 Å². The summed E-state index contributed by atoms with van der Waals surface area (Å²) in [4.78, 5) is 48.6. The Labute approximate surface area is 160 Å². The van der Waals surface area contributed by atoms with Gasteiger partial charge in [0.05, 0.1) is 16.3 Å². The van der Waals surface area contributed by atoms with Crippen LogP contribution in [0.4, 0.5) is 10.5 Å². The summed E-state index contributed by atoms with van der Waals surface area (Å²) in [5, 5.41) is 3.61. The molecule has 4 amide bonds. The summed E-state index contributed by atoms with van der Waals surface area (Å²) in [6.45, 7) is -0.661. The molecule has 1 saturated carbocycles. The monoisotopic (exact) mass is 394 g/mol. The molecule has 144 valence electrons. The predicted octanol–water partition coefficient (Wildman–Crippen LogP) is 1.36. The Morgan fingerprint density at radius 2 is 1.96 bits per heavy atom. The molecule has 1 heterocycles. The van der Waals surface area contributed by atoms with Crippen molar-refractivity contribution in [3.05, 3.63) is 28.8 Å². The number of rotatable bonds is 4.